The molecule has 1 atom stereocenters. The molecule has 2 N–H and O–H groups in total. The molecule has 0 bridgehead atoms. The summed E-state index contributed by atoms with van der Waals surface area (Å²) in [5, 5.41) is 8.93. The van der Waals surface area contributed by atoms with Crippen LogP contribution in [0.4, 0.5) is 0 Å². The van der Waals surface area contributed by atoms with Crippen molar-refractivity contribution in [1.29, 1.82) is 0 Å². The second kappa shape index (κ2) is 12.9. The third kappa shape index (κ3) is 6.81. The van der Waals surface area contributed by atoms with Crippen LogP contribution in [-0.2, 0) is 11.3 Å². The number of carbonyl (C=O) groups is 1. The molecule has 1 aliphatic heterocycles. The Balaban J connectivity index is 0.00000341. The standard InChI is InChI=1S/C22H30N4O3S.HI/c1-23-22(24-14-16-8-9-19(28-2)17(13-16)21(27)29-3)25-15-18(20-7-6-12-30-20)26-10-4-5-11-26;/h6-9,12-13,18H,4-5,10-11,14-15H2,1-3H3,(H2,23,24,25);1H. The first-order valence-electron chi connectivity index (χ1n) is 10.1. The van der Waals surface area contributed by atoms with E-state index in [1.54, 1.807) is 30.5 Å². The van der Waals surface area contributed by atoms with Gasteiger partial charge in [0.15, 0.2) is 5.96 Å². The summed E-state index contributed by atoms with van der Waals surface area (Å²) in [5.41, 5.74) is 1.35. The average Bonchev–Trinajstić information content (AvgIpc) is 3.50. The van der Waals surface area contributed by atoms with Gasteiger partial charge in [-0.3, -0.25) is 9.89 Å². The van der Waals surface area contributed by atoms with Crippen LogP contribution >= 0.6 is 35.3 Å². The summed E-state index contributed by atoms with van der Waals surface area (Å²) in [6.45, 7) is 3.59. The molecule has 1 aromatic heterocycles. The zero-order valence-electron chi connectivity index (χ0n) is 18.2. The van der Waals surface area contributed by atoms with Gasteiger partial charge in [-0.1, -0.05) is 12.1 Å². The summed E-state index contributed by atoms with van der Waals surface area (Å²) >= 11 is 1.80. The zero-order valence-corrected chi connectivity index (χ0v) is 21.4. The number of likely N-dealkylation sites (tertiary alicyclic amines) is 1. The predicted octanol–water partition coefficient (Wildman–Crippen LogP) is 3.66. The molecule has 31 heavy (non-hydrogen) atoms. The average molecular weight is 558 g/mol. The fraction of sp³-hybridized carbons (Fsp3) is 0.455. The van der Waals surface area contributed by atoms with Crippen LogP contribution < -0.4 is 15.4 Å². The lowest BCUT2D eigenvalue weighted by molar-refractivity contribution is 0.0597. The summed E-state index contributed by atoms with van der Waals surface area (Å²) in [7, 11) is 4.66. The quantitative estimate of drug-likeness (QED) is 0.223. The Bertz CT molecular complexity index is 854. The van der Waals surface area contributed by atoms with Crippen LogP contribution in [0, 0.1) is 0 Å². The number of hydrogen-bond donors (Lipinski definition) is 2. The number of thiophene rings is 1. The van der Waals surface area contributed by atoms with E-state index in [-0.39, 0.29) is 24.0 Å². The second-order valence-corrected chi connectivity index (χ2v) is 8.09. The maximum atomic E-state index is 12.0. The number of nitrogens with zero attached hydrogens (tertiary/aromatic N) is 2. The monoisotopic (exact) mass is 558 g/mol. The number of rotatable bonds is 8. The van der Waals surface area contributed by atoms with E-state index < -0.39 is 5.97 Å². The number of carbonyl (C=O) groups excluding carboxylic acids is 1. The normalized spacial score (nSPS) is 15.1. The Morgan fingerprint density at radius 2 is 2.00 bits per heavy atom. The Morgan fingerprint density at radius 3 is 2.61 bits per heavy atom. The lowest BCUT2D eigenvalue weighted by Crippen LogP contribution is -2.42. The molecule has 1 fully saturated rings. The summed E-state index contributed by atoms with van der Waals surface area (Å²) in [6, 6.07) is 10.1. The molecule has 1 aliphatic rings. The molecule has 3 rings (SSSR count). The maximum absolute atomic E-state index is 12.0. The summed E-state index contributed by atoms with van der Waals surface area (Å²) in [6.07, 6.45) is 2.52. The van der Waals surface area contributed by atoms with Crippen molar-refractivity contribution in [2.45, 2.75) is 25.4 Å². The predicted molar refractivity (Wildman–Crippen MR) is 136 cm³/mol. The molecular weight excluding hydrogens is 527 g/mol. The van der Waals surface area contributed by atoms with Crippen LogP contribution in [0.3, 0.4) is 0 Å². The number of halogens is 1. The fourth-order valence-corrected chi connectivity index (χ4v) is 4.54. The Labute approximate surface area is 205 Å². The van der Waals surface area contributed by atoms with Crippen LogP contribution in [-0.4, -0.2) is 57.7 Å². The molecule has 1 aromatic carbocycles. The van der Waals surface area contributed by atoms with Gasteiger partial charge in [0, 0.05) is 25.0 Å². The van der Waals surface area contributed by atoms with E-state index in [0.29, 0.717) is 23.9 Å². The van der Waals surface area contributed by atoms with Crippen LogP contribution in [0.1, 0.15) is 39.7 Å². The lowest BCUT2D eigenvalue weighted by atomic mass is 10.1. The minimum atomic E-state index is -0.416. The van der Waals surface area contributed by atoms with Crippen LogP contribution in [0.5, 0.6) is 5.75 Å². The largest absolute Gasteiger partial charge is 0.496 e. The van der Waals surface area contributed by atoms with Crippen molar-refractivity contribution in [3.63, 3.8) is 0 Å². The van der Waals surface area contributed by atoms with E-state index in [9.17, 15) is 4.79 Å². The van der Waals surface area contributed by atoms with E-state index in [2.05, 4.69) is 38.0 Å². The van der Waals surface area contributed by atoms with Gasteiger partial charge in [-0.25, -0.2) is 4.79 Å². The molecule has 0 amide bonds. The van der Waals surface area contributed by atoms with Crippen molar-refractivity contribution in [2.24, 2.45) is 4.99 Å². The molecule has 1 unspecified atom stereocenters. The number of esters is 1. The van der Waals surface area contributed by atoms with Crippen LogP contribution in [0.25, 0.3) is 0 Å². The zero-order chi connectivity index (χ0) is 21.3. The highest BCUT2D eigenvalue weighted by molar-refractivity contribution is 14.0. The van der Waals surface area contributed by atoms with Crippen LogP contribution in [0.15, 0.2) is 40.7 Å². The first-order chi connectivity index (χ1) is 14.7. The number of aliphatic imine (C=N–C) groups is 1. The molecule has 0 radical (unpaired) electrons. The number of hydrogen-bond acceptors (Lipinski definition) is 6. The third-order valence-corrected chi connectivity index (χ3v) is 6.24. The summed E-state index contributed by atoms with van der Waals surface area (Å²) in [4.78, 5) is 20.3. The topological polar surface area (TPSA) is 75.2 Å². The van der Waals surface area contributed by atoms with Crippen molar-refractivity contribution >= 4 is 47.2 Å². The minimum absolute atomic E-state index is 0. The second-order valence-electron chi connectivity index (χ2n) is 7.11. The van der Waals surface area contributed by atoms with Gasteiger partial charge in [0.05, 0.1) is 20.3 Å². The molecular formula is C22H31IN4O3S. The Hall–Kier alpha value is -1.85. The number of guanidine groups is 1. The molecule has 2 heterocycles. The molecule has 7 nitrogen and oxygen atoms in total. The number of ether oxygens (including phenoxy) is 2. The molecule has 2 aromatic rings. The van der Waals surface area contributed by atoms with Crippen LogP contribution in [0.2, 0.25) is 0 Å². The summed E-state index contributed by atoms with van der Waals surface area (Å²) in [5.74, 6) is 0.810. The van der Waals surface area contributed by atoms with Crippen molar-refractivity contribution < 1.29 is 14.3 Å². The number of methoxy groups -OCH3 is 2. The highest BCUT2D eigenvalue weighted by Crippen LogP contribution is 2.27. The Kier molecular flexibility index (Phi) is 10.6. The molecule has 0 spiro atoms. The van der Waals surface area contributed by atoms with E-state index in [4.69, 9.17) is 9.47 Å². The molecule has 0 aliphatic carbocycles. The Morgan fingerprint density at radius 1 is 1.23 bits per heavy atom. The van der Waals surface area contributed by atoms with Gasteiger partial charge in [0.25, 0.3) is 0 Å². The van der Waals surface area contributed by atoms with E-state index in [0.717, 1.165) is 31.2 Å². The van der Waals surface area contributed by atoms with E-state index in [1.807, 2.05) is 6.07 Å². The summed E-state index contributed by atoms with van der Waals surface area (Å²) < 4.78 is 10.1. The highest BCUT2D eigenvalue weighted by Gasteiger charge is 2.24. The van der Waals surface area contributed by atoms with Gasteiger partial charge >= 0.3 is 5.97 Å². The van der Waals surface area contributed by atoms with Gasteiger partial charge < -0.3 is 20.1 Å². The number of nitrogens with one attached hydrogen (secondary N) is 2. The molecule has 170 valence electrons. The first kappa shape index (κ1) is 25.4. The van der Waals surface area contributed by atoms with E-state index >= 15 is 0 Å². The molecule has 0 saturated carbocycles. The van der Waals surface area contributed by atoms with Gasteiger partial charge in [-0.15, -0.1) is 35.3 Å². The van der Waals surface area contributed by atoms with Crippen molar-refractivity contribution in [3.8, 4) is 5.75 Å². The smallest absolute Gasteiger partial charge is 0.341 e. The minimum Gasteiger partial charge on any atom is -0.496 e. The van der Waals surface area contributed by atoms with E-state index in [1.165, 1.54) is 31.9 Å². The van der Waals surface area contributed by atoms with Crippen molar-refractivity contribution in [1.82, 2.24) is 15.5 Å². The first-order valence-corrected chi connectivity index (χ1v) is 11.0. The van der Waals surface area contributed by atoms with Gasteiger partial charge in [-0.05, 0) is 55.1 Å². The SMILES string of the molecule is CN=C(NCc1ccc(OC)c(C(=O)OC)c1)NCC(c1cccs1)N1CCCC1.I. The van der Waals surface area contributed by atoms with Crippen molar-refractivity contribution in [2.75, 3.05) is 40.9 Å². The maximum Gasteiger partial charge on any atom is 0.341 e. The van der Waals surface area contributed by atoms with Gasteiger partial charge in [0.1, 0.15) is 11.3 Å². The molecule has 1 saturated heterocycles. The number of benzene rings is 1. The van der Waals surface area contributed by atoms with Gasteiger partial charge in [0.2, 0.25) is 0 Å². The molecule has 9 heteroatoms. The third-order valence-electron chi connectivity index (χ3n) is 5.27. The van der Waals surface area contributed by atoms with Gasteiger partial charge in [-0.2, -0.15) is 0 Å². The highest BCUT2D eigenvalue weighted by atomic mass is 127. The van der Waals surface area contributed by atoms with Crippen molar-refractivity contribution in [3.05, 3.63) is 51.7 Å². The lowest BCUT2D eigenvalue weighted by Gasteiger charge is -2.27. The fourth-order valence-electron chi connectivity index (χ4n) is 3.68.